The Morgan fingerprint density at radius 1 is 1.05 bits per heavy atom. The third-order valence-electron chi connectivity index (χ3n) is 8.48. The molecule has 0 aliphatic carbocycles. The van der Waals surface area contributed by atoms with Crippen LogP contribution < -0.4 is 19.7 Å². The minimum absolute atomic E-state index is 0.105. The van der Waals surface area contributed by atoms with Gasteiger partial charge in [0.1, 0.15) is 11.5 Å². The van der Waals surface area contributed by atoms with Gasteiger partial charge in [-0.25, -0.2) is 0 Å². The molecule has 9 nitrogen and oxygen atoms in total. The molecule has 0 bridgehead atoms. The van der Waals surface area contributed by atoms with Crippen LogP contribution in [0.1, 0.15) is 34.8 Å². The van der Waals surface area contributed by atoms with Gasteiger partial charge in [0.2, 0.25) is 0 Å². The number of nitrogens with zero attached hydrogens (tertiary/aromatic N) is 1. The van der Waals surface area contributed by atoms with E-state index in [1.54, 1.807) is 49.5 Å². The number of aliphatic hydroxyl groups is 1. The second-order valence-corrected chi connectivity index (χ2v) is 15.5. The Balaban J connectivity index is 1.47. The first kappa shape index (κ1) is 29.8. The van der Waals surface area contributed by atoms with Gasteiger partial charge in [-0.1, -0.05) is 19.1 Å². The molecule has 0 aromatic heterocycles. The van der Waals surface area contributed by atoms with E-state index in [1.165, 1.54) is 0 Å². The number of amides is 2. The summed E-state index contributed by atoms with van der Waals surface area (Å²) in [6.07, 6.45) is -0.132. The summed E-state index contributed by atoms with van der Waals surface area (Å²) in [4.78, 5) is 40.3. The summed E-state index contributed by atoms with van der Waals surface area (Å²) in [7, 11) is 0.358. The van der Waals surface area contributed by atoms with Crippen LogP contribution in [-0.2, 0) is 21.7 Å². The molecule has 0 saturated carbocycles. The number of rotatable bonds is 9. The Morgan fingerprint density at radius 3 is 2.38 bits per heavy atom. The predicted molar refractivity (Wildman–Crippen MR) is 162 cm³/mol. The number of aliphatic hydroxyl groups excluding tert-OH is 1. The molecule has 42 heavy (non-hydrogen) atoms. The molecule has 3 aromatic rings. The van der Waals surface area contributed by atoms with Gasteiger partial charge in [0.25, 0.3) is 11.8 Å². The first-order valence-electron chi connectivity index (χ1n) is 14.1. The average Bonchev–Trinajstić information content (AvgIpc) is 3.39. The molecule has 4 atom stereocenters. The second-order valence-electron chi connectivity index (χ2n) is 11.5. The van der Waals surface area contributed by atoms with Crippen LogP contribution in [0, 0.1) is 5.92 Å². The molecule has 2 heterocycles. The van der Waals surface area contributed by atoms with Crippen molar-refractivity contribution >= 4 is 31.5 Å². The van der Waals surface area contributed by atoms with E-state index in [4.69, 9.17) is 14.2 Å². The SMILES string of the molecule is COc1ccc(C(=O)Nc2cccc(CN3C(=O)[C@]4(O[C@H](CCO)[C@@H]([Si](C)(C)O)[C@@H]4C)c4cc(OC)ccc43)c2)cc1. The third-order valence-corrected chi connectivity index (χ3v) is 11.0. The highest BCUT2D eigenvalue weighted by molar-refractivity contribution is 6.71. The smallest absolute Gasteiger partial charge is 0.264 e. The van der Waals surface area contributed by atoms with E-state index in [2.05, 4.69) is 5.32 Å². The summed E-state index contributed by atoms with van der Waals surface area (Å²) in [6, 6.07) is 19.8. The van der Waals surface area contributed by atoms with Gasteiger partial charge in [0, 0.05) is 34.9 Å². The fourth-order valence-corrected chi connectivity index (χ4v) is 9.22. The van der Waals surface area contributed by atoms with Crippen molar-refractivity contribution in [3.05, 3.63) is 83.4 Å². The van der Waals surface area contributed by atoms with Crippen LogP contribution in [0.2, 0.25) is 18.6 Å². The highest BCUT2D eigenvalue weighted by Gasteiger charge is 2.66. The van der Waals surface area contributed by atoms with Crippen LogP contribution in [0.4, 0.5) is 11.4 Å². The summed E-state index contributed by atoms with van der Waals surface area (Å²) in [5, 5.41) is 12.7. The number of nitrogens with one attached hydrogen (secondary N) is 1. The summed E-state index contributed by atoms with van der Waals surface area (Å²) in [5.41, 5.74) is 1.75. The molecule has 1 fully saturated rings. The molecule has 1 spiro atoms. The number of ether oxygens (including phenoxy) is 3. The van der Waals surface area contributed by atoms with E-state index in [1.807, 2.05) is 56.4 Å². The number of methoxy groups -OCH3 is 2. The largest absolute Gasteiger partial charge is 0.497 e. The molecular formula is C32H38N2O7Si. The van der Waals surface area contributed by atoms with Gasteiger partial charge in [-0.05, 0) is 79.7 Å². The van der Waals surface area contributed by atoms with E-state index in [0.717, 1.165) is 5.56 Å². The Kier molecular flexibility index (Phi) is 8.17. The van der Waals surface area contributed by atoms with Crippen LogP contribution in [0.25, 0.3) is 0 Å². The van der Waals surface area contributed by atoms with Crippen molar-refractivity contribution in [3.63, 3.8) is 0 Å². The number of benzene rings is 3. The number of hydrogen-bond acceptors (Lipinski definition) is 7. The number of carbonyl (C=O) groups excluding carboxylic acids is 2. The fraction of sp³-hybridized carbons (Fsp3) is 0.375. The highest BCUT2D eigenvalue weighted by atomic mass is 28.4. The van der Waals surface area contributed by atoms with Gasteiger partial charge in [-0.2, -0.15) is 0 Å². The van der Waals surface area contributed by atoms with Crippen molar-refractivity contribution < 1.29 is 33.7 Å². The molecule has 10 heteroatoms. The molecule has 2 aliphatic rings. The first-order chi connectivity index (χ1) is 20.0. The third kappa shape index (κ3) is 5.20. The molecule has 0 unspecified atom stereocenters. The van der Waals surface area contributed by atoms with Crippen LogP contribution >= 0.6 is 0 Å². The molecule has 3 N–H and O–H groups in total. The van der Waals surface area contributed by atoms with Crippen molar-refractivity contribution in [3.8, 4) is 11.5 Å². The molecule has 5 rings (SSSR count). The molecular weight excluding hydrogens is 552 g/mol. The molecule has 2 aliphatic heterocycles. The van der Waals surface area contributed by atoms with Crippen molar-refractivity contribution in [2.24, 2.45) is 5.92 Å². The number of fused-ring (bicyclic) bond motifs is 2. The van der Waals surface area contributed by atoms with Crippen LogP contribution in [0.5, 0.6) is 11.5 Å². The van der Waals surface area contributed by atoms with Gasteiger partial charge >= 0.3 is 0 Å². The van der Waals surface area contributed by atoms with Gasteiger partial charge in [0.05, 0.1) is 32.6 Å². The van der Waals surface area contributed by atoms with Crippen LogP contribution in [0.15, 0.2) is 66.7 Å². The molecule has 3 aromatic carbocycles. The molecule has 2 amide bonds. The van der Waals surface area contributed by atoms with E-state index in [-0.39, 0.29) is 36.4 Å². The highest BCUT2D eigenvalue weighted by Crippen LogP contribution is 2.60. The lowest BCUT2D eigenvalue weighted by atomic mass is 9.82. The van der Waals surface area contributed by atoms with Gasteiger partial charge in [-0.3, -0.25) is 9.59 Å². The number of anilines is 2. The molecule has 222 valence electrons. The zero-order valence-electron chi connectivity index (χ0n) is 24.6. The quantitative estimate of drug-likeness (QED) is 0.310. The number of hydrogen-bond donors (Lipinski definition) is 3. The van der Waals surface area contributed by atoms with Crippen molar-refractivity contribution in [1.82, 2.24) is 0 Å². The normalized spacial score (nSPS) is 23.3. The van der Waals surface area contributed by atoms with E-state index >= 15 is 0 Å². The van der Waals surface area contributed by atoms with E-state index < -0.39 is 20.0 Å². The summed E-state index contributed by atoms with van der Waals surface area (Å²) in [6.45, 7) is 5.82. The zero-order chi connectivity index (χ0) is 30.2. The topological polar surface area (TPSA) is 118 Å². The summed E-state index contributed by atoms with van der Waals surface area (Å²) >= 11 is 0. The predicted octanol–water partition coefficient (Wildman–Crippen LogP) is 4.68. The Morgan fingerprint density at radius 2 is 1.74 bits per heavy atom. The lowest BCUT2D eigenvalue weighted by molar-refractivity contribution is -0.146. The minimum atomic E-state index is -2.79. The second kappa shape index (κ2) is 11.5. The number of carbonyl (C=O) groups is 2. The fourth-order valence-electron chi connectivity index (χ4n) is 6.61. The van der Waals surface area contributed by atoms with Crippen LogP contribution in [-0.4, -0.2) is 57.0 Å². The lowest BCUT2D eigenvalue weighted by Gasteiger charge is -2.32. The van der Waals surface area contributed by atoms with E-state index in [0.29, 0.717) is 40.4 Å². The Labute approximate surface area is 247 Å². The van der Waals surface area contributed by atoms with Gasteiger partial charge in [0.15, 0.2) is 13.9 Å². The lowest BCUT2D eigenvalue weighted by Crippen LogP contribution is -2.46. The average molecular weight is 591 g/mol. The monoisotopic (exact) mass is 590 g/mol. The van der Waals surface area contributed by atoms with Crippen molar-refractivity contribution in [2.45, 2.75) is 50.2 Å². The maximum atomic E-state index is 14.5. The summed E-state index contributed by atoms with van der Waals surface area (Å²) < 4.78 is 17.3. The maximum Gasteiger partial charge on any atom is 0.264 e. The standard InChI is InChI=1S/C32H38N2O7Si/c1-20-29(42(4,5)38)28(15-16-35)41-32(20)26-18-25(40-3)13-14-27(26)34(31(32)37)19-21-7-6-8-23(17-21)33-30(36)22-9-11-24(39-2)12-10-22/h6-14,17-18,20,28-29,35,38H,15-16,19H2,1-5H3,(H,33,36)/t20-,28+,29-,32+/m0/s1. The van der Waals surface area contributed by atoms with E-state index in [9.17, 15) is 19.5 Å². The first-order valence-corrected chi connectivity index (χ1v) is 17.1. The minimum Gasteiger partial charge on any atom is -0.497 e. The Bertz CT molecular complexity index is 1470. The van der Waals surface area contributed by atoms with Gasteiger partial charge < -0.3 is 34.3 Å². The summed E-state index contributed by atoms with van der Waals surface area (Å²) in [5.74, 6) is 0.464. The van der Waals surface area contributed by atoms with Crippen molar-refractivity contribution in [1.29, 1.82) is 0 Å². The maximum absolute atomic E-state index is 14.5. The molecule has 1 saturated heterocycles. The van der Waals surface area contributed by atoms with Crippen LogP contribution in [0.3, 0.4) is 0 Å². The molecule has 0 radical (unpaired) electrons. The zero-order valence-corrected chi connectivity index (χ0v) is 25.6. The van der Waals surface area contributed by atoms with Gasteiger partial charge in [-0.15, -0.1) is 0 Å². The van der Waals surface area contributed by atoms with Crippen molar-refractivity contribution in [2.75, 3.05) is 31.0 Å². The Hall–Kier alpha value is -3.70.